The Hall–Kier alpha value is -1.05. The first-order valence-corrected chi connectivity index (χ1v) is 5.99. The molecule has 0 aromatic rings. The molecule has 0 bridgehead atoms. The first kappa shape index (κ1) is 13.0. The predicted octanol–water partition coefficient (Wildman–Crippen LogP) is 3.93. The largest absolute Gasteiger partial charge is 0.481 e. The van der Waals surface area contributed by atoms with E-state index in [4.69, 9.17) is 0 Å². The molecule has 0 aromatic heterocycles. The maximum atomic E-state index is 11.2. The van der Waals surface area contributed by atoms with Gasteiger partial charge < -0.3 is 5.11 Å². The normalized spacial score (nSPS) is 24.8. The number of aliphatic carboxylic acids is 1. The highest BCUT2D eigenvalue weighted by molar-refractivity contribution is 5.74. The molecular formula is C14H22O2. The van der Waals surface area contributed by atoms with E-state index in [1.807, 2.05) is 6.92 Å². The van der Waals surface area contributed by atoms with Gasteiger partial charge in [-0.2, -0.15) is 0 Å². The Balaban J connectivity index is 2.54. The molecule has 1 aliphatic rings. The summed E-state index contributed by atoms with van der Waals surface area (Å²) in [6, 6.07) is 0. The molecular weight excluding hydrogens is 200 g/mol. The minimum Gasteiger partial charge on any atom is -0.481 e. The van der Waals surface area contributed by atoms with Gasteiger partial charge in [-0.05, 0) is 52.9 Å². The van der Waals surface area contributed by atoms with Crippen LogP contribution in [0.4, 0.5) is 0 Å². The van der Waals surface area contributed by atoms with Gasteiger partial charge in [-0.1, -0.05) is 23.3 Å². The molecule has 1 rings (SSSR count). The fraction of sp³-hybridized carbons (Fsp3) is 0.643. The minimum atomic E-state index is -0.652. The van der Waals surface area contributed by atoms with Crippen molar-refractivity contribution >= 4 is 5.97 Å². The Morgan fingerprint density at radius 3 is 2.81 bits per heavy atom. The average molecular weight is 222 g/mol. The zero-order valence-corrected chi connectivity index (χ0v) is 10.5. The lowest BCUT2D eigenvalue weighted by molar-refractivity contribution is -0.148. The Morgan fingerprint density at radius 2 is 2.25 bits per heavy atom. The summed E-state index contributed by atoms with van der Waals surface area (Å²) in [7, 11) is 0. The summed E-state index contributed by atoms with van der Waals surface area (Å²) >= 11 is 0. The topological polar surface area (TPSA) is 37.3 Å². The first-order chi connectivity index (χ1) is 7.44. The molecule has 16 heavy (non-hydrogen) atoms. The molecule has 0 radical (unpaired) electrons. The van der Waals surface area contributed by atoms with Crippen molar-refractivity contribution < 1.29 is 9.90 Å². The number of carboxylic acid groups (broad SMARTS) is 1. The highest BCUT2D eigenvalue weighted by atomic mass is 16.4. The monoisotopic (exact) mass is 222 g/mol. The number of carbonyl (C=O) groups is 1. The standard InChI is InChI=1S/C14H22O2/c1-11(2)6-4-7-12-8-5-9-14(3,10-12)13(15)16/h6,8H,4-5,7,9-10H2,1-3H3,(H,15,16)/t14-/m1/s1. The van der Waals surface area contributed by atoms with Gasteiger partial charge in [0, 0.05) is 0 Å². The Bertz CT molecular complexity index is 322. The molecule has 2 nitrogen and oxygen atoms in total. The smallest absolute Gasteiger partial charge is 0.309 e. The molecule has 0 amide bonds. The summed E-state index contributed by atoms with van der Waals surface area (Å²) in [6.45, 7) is 6.05. The predicted molar refractivity (Wildman–Crippen MR) is 66.3 cm³/mol. The highest BCUT2D eigenvalue weighted by Gasteiger charge is 2.35. The Kier molecular flexibility index (Phi) is 4.34. The molecule has 0 spiro atoms. The maximum absolute atomic E-state index is 11.2. The van der Waals surface area contributed by atoms with Crippen LogP contribution in [0.15, 0.2) is 23.3 Å². The van der Waals surface area contributed by atoms with Crippen LogP contribution in [0, 0.1) is 5.41 Å². The molecule has 0 saturated carbocycles. The number of carboxylic acids is 1. The summed E-state index contributed by atoms with van der Waals surface area (Å²) in [6.07, 6.45) is 8.88. The first-order valence-electron chi connectivity index (χ1n) is 5.99. The third kappa shape index (κ3) is 3.51. The second-order valence-corrected chi connectivity index (χ2v) is 5.26. The van der Waals surface area contributed by atoms with Crippen molar-refractivity contribution in [1.82, 2.24) is 0 Å². The maximum Gasteiger partial charge on any atom is 0.309 e. The van der Waals surface area contributed by atoms with Crippen LogP contribution in [0.25, 0.3) is 0 Å². The van der Waals surface area contributed by atoms with Crippen molar-refractivity contribution in [3.05, 3.63) is 23.3 Å². The van der Waals surface area contributed by atoms with Crippen LogP contribution in [-0.4, -0.2) is 11.1 Å². The SMILES string of the molecule is CC(C)=CCCC1=CCC[C@@](C)(C(=O)O)C1. The lowest BCUT2D eigenvalue weighted by Crippen LogP contribution is -2.29. The molecule has 0 aliphatic heterocycles. The van der Waals surface area contributed by atoms with Crippen LogP contribution in [0.5, 0.6) is 0 Å². The van der Waals surface area contributed by atoms with E-state index in [0.29, 0.717) is 0 Å². The number of allylic oxidation sites excluding steroid dienone is 4. The Morgan fingerprint density at radius 1 is 1.56 bits per heavy atom. The lowest BCUT2D eigenvalue weighted by atomic mass is 9.75. The van der Waals surface area contributed by atoms with Crippen molar-refractivity contribution in [2.75, 3.05) is 0 Å². The second kappa shape index (κ2) is 5.33. The van der Waals surface area contributed by atoms with Gasteiger partial charge in [-0.15, -0.1) is 0 Å². The fourth-order valence-corrected chi connectivity index (χ4v) is 2.18. The van der Waals surface area contributed by atoms with Gasteiger partial charge in [0.05, 0.1) is 5.41 Å². The molecule has 90 valence electrons. The van der Waals surface area contributed by atoms with Gasteiger partial charge >= 0.3 is 5.97 Å². The van der Waals surface area contributed by atoms with Crippen LogP contribution in [0.2, 0.25) is 0 Å². The van der Waals surface area contributed by atoms with Crippen LogP contribution >= 0.6 is 0 Å². The molecule has 0 unspecified atom stereocenters. The zero-order chi connectivity index (χ0) is 12.2. The van der Waals surface area contributed by atoms with E-state index in [2.05, 4.69) is 26.0 Å². The summed E-state index contributed by atoms with van der Waals surface area (Å²) in [5.74, 6) is -0.652. The van der Waals surface area contributed by atoms with E-state index in [9.17, 15) is 9.90 Å². The summed E-state index contributed by atoms with van der Waals surface area (Å²) in [4.78, 5) is 11.2. The molecule has 0 fully saturated rings. The van der Waals surface area contributed by atoms with E-state index < -0.39 is 11.4 Å². The van der Waals surface area contributed by atoms with Crippen molar-refractivity contribution in [1.29, 1.82) is 0 Å². The van der Waals surface area contributed by atoms with Gasteiger partial charge in [0.1, 0.15) is 0 Å². The van der Waals surface area contributed by atoms with Gasteiger partial charge in [-0.25, -0.2) is 0 Å². The summed E-state index contributed by atoms with van der Waals surface area (Å²) in [5, 5.41) is 9.19. The van der Waals surface area contributed by atoms with Crippen LogP contribution in [0.1, 0.15) is 52.9 Å². The van der Waals surface area contributed by atoms with Crippen molar-refractivity contribution in [2.24, 2.45) is 5.41 Å². The van der Waals surface area contributed by atoms with Gasteiger partial charge in [-0.3, -0.25) is 4.79 Å². The molecule has 0 aromatic carbocycles. The highest BCUT2D eigenvalue weighted by Crippen LogP contribution is 2.37. The van der Waals surface area contributed by atoms with Gasteiger partial charge in [0.25, 0.3) is 0 Å². The molecule has 1 N–H and O–H groups in total. The van der Waals surface area contributed by atoms with Crippen molar-refractivity contribution in [3.8, 4) is 0 Å². The van der Waals surface area contributed by atoms with E-state index in [1.54, 1.807) is 0 Å². The third-order valence-corrected chi connectivity index (χ3v) is 3.28. The van der Waals surface area contributed by atoms with Crippen LogP contribution in [-0.2, 0) is 4.79 Å². The van der Waals surface area contributed by atoms with Gasteiger partial charge in [0.2, 0.25) is 0 Å². The van der Waals surface area contributed by atoms with E-state index in [-0.39, 0.29) is 0 Å². The molecule has 1 atom stereocenters. The van der Waals surface area contributed by atoms with Crippen LogP contribution < -0.4 is 0 Å². The molecule has 0 heterocycles. The van der Waals surface area contributed by atoms with Crippen LogP contribution in [0.3, 0.4) is 0 Å². The van der Waals surface area contributed by atoms with Crippen molar-refractivity contribution in [3.63, 3.8) is 0 Å². The Labute approximate surface area is 98.1 Å². The number of rotatable bonds is 4. The van der Waals surface area contributed by atoms with E-state index in [0.717, 1.165) is 32.1 Å². The molecule has 0 saturated heterocycles. The minimum absolute atomic E-state index is 0.533. The zero-order valence-electron chi connectivity index (χ0n) is 10.5. The molecule has 2 heteroatoms. The number of hydrogen-bond acceptors (Lipinski definition) is 1. The van der Waals surface area contributed by atoms with E-state index >= 15 is 0 Å². The second-order valence-electron chi connectivity index (χ2n) is 5.26. The van der Waals surface area contributed by atoms with Crippen molar-refractivity contribution in [2.45, 2.75) is 52.9 Å². The fourth-order valence-electron chi connectivity index (χ4n) is 2.18. The summed E-state index contributed by atoms with van der Waals surface area (Å²) < 4.78 is 0. The molecule has 1 aliphatic carbocycles. The quantitative estimate of drug-likeness (QED) is 0.732. The summed E-state index contributed by atoms with van der Waals surface area (Å²) in [5.41, 5.74) is 2.11. The van der Waals surface area contributed by atoms with E-state index in [1.165, 1.54) is 11.1 Å². The number of hydrogen-bond donors (Lipinski definition) is 1. The average Bonchev–Trinajstić information content (AvgIpc) is 2.17. The van der Waals surface area contributed by atoms with Gasteiger partial charge in [0.15, 0.2) is 0 Å². The third-order valence-electron chi connectivity index (χ3n) is 3.28. The lowest BCUT2D eigenvalue weighted by Gasteiger charge is -2.29.